The van der Waals surface area contributed by atoms with Gasteiger partial charge in [-0.1, -0.05) is 11.3 Å². The molecule has 0 radical (unpaired) electrons. The number of fused-ring (bicyclic) bond motifs is 1. The molecule has 8 nitrogen and oxygen atoms in total. The number of aromatic nitrogens is 1. The number of benzene rings is 2. The molecule has 0 aliphatic rings. The fourth-order valence-corrected chi connectivity index (χ4v) is 4.76. The first-order valence-corrected chi connectivity index (χ1v) is 10.3. The zero-order valence-corrected chi connectivity index (χ0v) is 17.0. The molecule has 28 heavy (non-hydrogen) atoms. The van der Waals surface area contributed by atoms with Gasteiger partial charge < -0.3 is 18.8 Å². The summed E-state index contributed by atoms with van der Waals surface area (Å²) in [6.07, 6.45) is 0. The maximum atomic E-state index is 12.8. The first-order valence-electron chi connectivity index (χ1n) is 8.07. The Balaban J connectivity index is 2.18. The molecule has 0 aliphatic carbocycles. The molecule has 0 aliphatic heterocycles. The Bertz CT molecular complexity index is 1180. The molecule has 0 unspecified atom stereocenters. The normalized spacial score (nSPS) is 12.2. The van der Waals surface area contributed by atoms with Crippen molar-refractivity contribution in [2.45, 2.75) is 11.4 Å². The highest BCUT2D eigenvalue weighted by Crippen LogP contribution is 2.24. The van der Waals surface area contributed by atoms with Crippen LogP contribution in [0.3, 0.4) is 0 Å². The van der Waals surface area contributed by atoms with Crippen LogP contribution in [-0.4, -0.2) is 40.3 Å². The Morgan fingerprint density at radius 3 is 2.29 bits per heavy atom. The van der Waals surface area contributed by atoms with Crippen LogP contribution in [0.5, 0.6) is 11.5 Å². The van der Waals surface area contributed by atoms with Gasteiger partial charge >= 0.3 is 5.97 Å². The molecule has 2 aromatic carbocycles. The molecule has 3 rings (SSSR count). The van der Waals surface area contributed by atoms with Crippen LogP contribution in [0.25, 0.3) is 10.2 Å². The van der Waals surface area contributed by atoms with E-state index in [2.05, 4.69) is 4.40 Å². The Morgan fingerprint density at radius 1 is 1.04 bits per heavy atom. The fraction of sp³-hybridized carbons (Fsp3) is 0.222. The lowest BCUT2D eigenvalue weighted by atomic mass is 10.3. The average Bonchev–Trinajstić information content (AvgIpc) is 3.03. The summed E-state index contributed by atoms with van der Waals surface area (Å²) in [6, 6.07) is 11.1. The fourth-order valence-electron chi connectivity index (χ4n) is 2.50. The molecule has 0 spiro atoms. The Labute approximate surface area is 165 Å². The Morgan fingerprint density at radius 2 is 1.68 bits per heavy atom. The maximum absolute atomic E-state index is 12.8. The van der Waals surface area contributed by atoms with Crippen molar-refractivity contribution in [2.75, 3.05) is 21.3 Å². The SMILES string of the molecule is COC(=O)Cn1c(=NS(=O)(=O)c2ccc(OC)cc2)sc2cc(OC)ccc21. The monoisotopic (exact) mass is 422 g/mol. The lowest BCUT2D eigenvalue weighted by molar-refractivity contribution is -0.141. The Kier molecular flexibility index (Phi) is 5.71. The van der Waals surface area contributed by atoms with Gasteiger partial charge in [-0.2, -0.15) is 8.42 Å². The molecule has 0 fully saturated rings. The topological polar surface area (TPSA) is 96.2 Å². The van der Waals surface area contributed by atoms with Gasteiger partial charge in [-0.15, -0.1) is 4.40 Å². The van der Waals surface area contributed by atoms with Crippen LogP contribution >= 0.6 is 11.3 Å². The van der Waals surface area contributed by atoms with Crippen molar-refractivity contribution >= 4 is 37.5 Å². The summed E-state index contributed by atoms with van der Waals surface area (Å²) in [7, 11) is 0.312. The van der Waals surface area contributed by atoms with E-state index in [1.807, 2.05) is 0 Å². The summed E-state index contributed by atoms with van der Waals surface area (Å²) in [5, 5.41) is 0. The van der Waals surface area contributed by atoms with E-state index >= 15 is 0 Å². The van der Waals surface area contributed by atoms with Gasteiger partial charge in [-0.25, -0.2) is 0 Å². The van der Waals surface area contributed by atoms with Crippen LogP contribution < -0.4 is 14.3 Å². The van der Waals surface area contributed by atoms with E-state index in [4.69, 9.17) is 14.2 Å². The van der Waals surface area contributed by atoms with Crippen molar-refractivity contribution in [3.8, 4) is 11.5 Å². The van der Waals surface area contributed by atoms with Gasteiger partial charge in [0, 0.05) is 0 Å². The molecule has 0 saturated carbocycles. The van der Waals surface area contributed by atoms with E-state index in [1.165, 1.54) is 38.0 Å². The number of esters is 1. The number of hydrogen-bond donors (Lipinski definition) is 0. The Hall–Kier alpha value is -2.85. The minimum absolute atomic E-state index is 0.0213. The maximum Gasteiger partial charge on any atom is 0.325 e. The second-order valence-corrected chi connectivity index (χ2v) is 8.24. The molecule has 0 saturated heterocycles. The average molecular weight is 422 g/mol. The second-order valence-electron chi connectivity index (χ2n) is 5.62. The number of thiazole rings is 1. The molecule has 1 aromatic heterocycles. The first-order chi connectivity index (χ1) is 13.4. The van der Waals surface area contributed by atoms with Crippen molar-refractivity contribution in [1.82, 2.24) is 4.57 Å². The minimum atomic E-state index is -3.99. The van der Waals surface area contributed by atoms with E-state index in [-0.39, 0.29) is 16.2 Å². The van der Waals surface area contributed by atoms with Crippen molar-refractivity contribution in [3.05, 3.63) is 47.3 Å². The highest BCUT2D eigenvalue weighted by Gasteiger charge is 2.17. The van der Waals surface area contributed by atoms with Gasteiger partial charge in [0.05, 0.1) is 36.4 Å². The molecule has 1 heterocycles. The number of carbonyl (C=O) groups is 1. The third kappa shape index (κ3) is 4.02. The van der Waals surface area contributed by atoms with E-state index in [0.717, 1.165) is 16.0 Å². The summed E-state index contributed by atoms with van der Waals surface area (Å²) in [4.78, 5) is 12.0. The van der Waals surface area contributed by atoms with Crippen LogP contribution in [0.15, 0.2) is 51.8 Å². The summed E-state index contributed by atoms with van der Waals surface area (Å²) in [5.41, 5.74) is 0.653. The number of ether oxygens (including phenoxy) is 3. The summed E-state index contributed by atoms with van der Waals surface area (Å²) in [6.45, 7) is -0.167. The van der Waals surface area contributed by atoms with Crippen LogP contribution in [-0.2, 0) is 26.1 Å². The van der Waals surface area contributed by atoms with Gasteiger partial charge in [0.25, 0.3) is 10.0 Å². The summed E-state index contributed by atoms with van der Waals surface area (Å²) < 4.78 is 46.7. The van der Waals surface area contributed by atoms with Crippen LogP contribution in [0.1, 0.15) is 0 Å². The highest BCUT2D eigenvalue weighted by molar-refractivity contribution is 7.90. The zero-order chi connectivity index (χ0) is 20.3. The lowest BCUT2D eigenvalue weighted by Gasteiger charge is -2.05. The summed E-state index contributed by atoms with van der Waals surface area (Å²) in [5.74, 6) is 0.635. The molecular weight excluding hydrogens is 404 g/mol. The van der Waals surface area contributed by atoms with Crippen molar-refractivity contribution < 1.29 is 27.4 Å². The number of nitrogens with zero attached hydrogens (tertiary/aromatic N) is 2. The van der Waals surface area contributed by atoms with Crippen molar-refractivity contribution in [1.29, 1.82) is 0 Å². The van der Waals surface area contributed by atoms with E-state index in [1.54, 1.807) is 30.3 Å². The molecule has 0 N–H and O–H groups in total. The van der Waals surface area contributed by atoms with Crippen LogP contribution in [0.4, 0.5) is 0 Å². The number of hydrogen-bond acceptors (Lipinski definition) is 7. The van der Waals surface area contributed by atoms with Gasteiger partial charge in [0.15, 0.2) is 0 Å². The van der Waals surface area contributed by atoms with Crippen molar-refractivity contribution in [2.24, 2.45) is 4.40 Å². The third-order valence-electron chi connectivity index (χ3n) is 3.96. The van der Waals surface area contributed by atoms with Gasteiger partial charge in [0.2, 0.25) is 4.80 Å². The molecule has 0 amide bonds. The third-order valence-corrected chi connectivity index (χ3v) is 6.40. The predicted molar refractivity (Wildman–Crippen MR) is 104 cm³/mol. The van der Waals surface area contributed by atoms with Gasteiger partial charge in [-0.3, -0.25) is 4.79 Å². The standard InChI is InChI=1S/C18H18N2O6S2/c1-24-12-4-7-14(8-5-12)28(22,23)19-18-20(11-17(21)26-3)15-9-6-13(25-2)10-16(15)27-18/h4-10H,11H2,1-3H3. The molecule has 3 aromatic rings. The van der Waals surface area contributed by atoms with Crippen molar-refractivity contribution in [3.63, 3.8) is 0 Å². The molecular formula is C18H18N2O6S2. The number of carbonyl (C=O) groups excluding carboxylic acids is 1. The van der Waals surface area contributed by atoms with Gasteiger partial charge in [0.1, 0.15) is 18.0 Å². The highest BCUT2D eigenvalue weighted by atomic mass is 32.2. The number of rotatable bonds is 6. The van der Waals surface area contributed by atoms with E-state index < -0.39 is 16.0 Å². The lowest BCUT2D eigenvalue weighted by Crippen LogP contribution is -2.22. The molecule has 0 bridgehead atoms. The molecule has 0 atom stereocenters. The smallest absolute Gasteiger partial charge is 0.325 e. The van der Waals surface area contributed by atoms with E-state index in [9.17, 15) is 13.2 Å². The van der Waals surface area contributed by atoms with E-state index in [0.29, 0.717) is 17.0 Å². The first kappa shape index (κ1) is 19.9. The number of sulfonamides is 1. The largest absolute Gasteiger partial charge is 0.497 e. The number of methoxy groups -OCH3 is 3. The molecule has 148 valence electrons. The zero-order valence-electron chi connectivity index (χ0n) is 15.4. The summed E-state index contributed by atoms with van der Waals surface area (Å²) >= 11 is 1.14. The molecule has 10 heteroatoms. The quantitative estimate of drug-likeness (QED) is 0.565. The van der Waals surface area contributed by atoms with Crippen LogP contribution in [0, 0.1) is 0 Å². The predicted octanol–water partition coefficient (Wildman–Crippen LogP) is 2.18. The van der Waals surface area contributed by atoms with Gasteiger partial charge in [-0.05, 0) is 42.5 Å². The second kappa shape index (κ2) is 8.03. The van der Waals surface area contributed by atoms with Crippen LogP contribution in [0.2, 0.25) is 0 Å². The minimum Gasteiger partial charge on any atom is -0.497 e.